The van der Waals surface area contributed by atoms with Gasteiger partial charge in [-0.15, -0.1) is 0 Å². The summed E-state index contributed by atoms with van der Waals surface area (Å²) in [4.78, 5) is 50.3. The van der Waals surface area contributed by atoms with Gasteiger partial charge in [-0.2, -0.15) is 0 Å². The molecule has 0 aliphatic rings. The molecule has 10 nitrogen and oxygen atoms in total. The zero-order valence-electron chi connectivity index (χ0n) is 22.9. The predicted octanol–water partition coefficient (Wildman–Crippen LogP) is 4.73. The molecule has 0 aliphatic carbocycles. The van der Waals surface area contributed by atoms with Crippen molar-refractivity contribution in [2.75, 3.05) is 6.54 Å². The van der Waals surface area contributed by atoms with Crippen molar-refractivity contribution in [2.24, 2.45) is 0 Å². The maximum Gasteiger partial charge on any atom is 0.407 e. The number of unbranched alkanes of at least 4 members (excludes halogenated alkanes) is 1. The molecule has 0 bridgehead atoms. The highest BCUT2D eigenvalue weighted by Crippen LogP contribution is 2.27. The fraction of sp³-hybridized carbons (Fsp3) is 0.226. The molecule has 0 fully saturated rings. The van der Waals surface area contributed by atoms with Crippen LogP contribution >= 0.6 is 0 Å². The zero-order valence-corrected chi connectivity index (χ0v) is 22.9. The molecule has 4 aromatic rings. The molecule has 0 saturated heterocycles. The highest BCUT2D eigenvalue weighted by molar-refractivity contribution is 5.79. The van der Waals surface area contributed by atoms with E-state index in [2.05, 4.69) is 5.32 Å². The number of ether oxygens (including phenoxy) is 3. The minimum absolute atomic E-state index is 0.0389. The van der Waals surface area contributed by atoms with Crippen molar-refractivity contribution in [3.05, 3.63) is 106 Å². The SMILES string of the molecule is CCCCc1c(OC(=O)CNC(=O)OCc2ccccc2)n(-c2ccc(OC(C)=O)cc2)n(-c2ccccc2)c1=O. The first kappa shape index (κ1) is 28.9. The third-order valence-corrected chi connectivity index (χ3v) is 6.03. The number of nitrogens with zero attached hydrogens (tertiary/aromatic N) is 2. The standard InChI is InChI=1S/C31H31N3O7/c1-3-4-15-27-29(37)33(24-13-9-6-10-14-24)34(25-16-18-26(19-17-25)40-22(2)35)30(27)41-28(36)20-32-31(38)39-21-23-11-7-5-8-12-23/h5-14,16-19H,3-4,15,20-21H2,1-2H3,(H,32,38). The van der Waals surface area contributed by atoms with Gasteiger partial charge in [0.2, 0.25) is 5.88 Å². The summed E-state index contributed by atoms with van der Waals surface area (Å²) in [6.45, 7) is 2.87. The normalized spacial score (nSPS) is 10.6. The van der Waals surface area contributed by atoms with Crippen molar-refractivity contribution in [1.82, 2.24) is 14.7 Å². The van der Waals surface area contributed by atoms with Crippen LogP contribution in [0.25, 0.3) is 11.4 Å². The molecule has 1 amide bonds. The Morgan fingerprint density at radius 3 is 2.07 bits per heavy atom. The van der Waals surface area contributed by atoms with E-state index < -0.39 is 24.6 Å². The van der Waals surface area contributed by atoms with Gasteiger partial charge in [0, 0.05) is 6.92 Å². The van der Waals surface area contributed by atoms with Crippen LogP contribution in [-0.4, -0.2) is 33.9 Å². The first-order valence-electron chi connectivity index (χ1n) is 13.2. The highest BCUT2D eigenvalue weighted by Gasteiger charge is 2.25. The lowest BCUT2D eigenvalue weighted by Crippen LogP contribution is -2.32. The second-order valence-electron chi connectivity index (χ2n) is 9.13. The van der Waals surface area contributed by atoms with Crippen molar-refractivity contribution in [3.8, 4) is 23.0 Å². The van der Waals surface area contributed by atoms with Gasteiger partial charge in [0.1, 0.15) is 18.9 Å². The van der Waals surface area contributed by atoms with Crippen molar-refractivity contribution >= 4 is 18.0 Å². The molecule has 1 heterocycles. The Balaban J connectivity index is 1.64. The second kappa shape index (κ2) is 13.8. The first-order valence-corrected chi connectivity index (χ1v) is 13.2. The second-order valence-corrected chi connectivity index (χ2v) is 9.13. The maximum absolute atomic E-state index is 13.8. The Morgan fingerprint density at radius 1 is 0.805 bits per heavy atom. The smallest absolute Gasteiger partial charge is 0.407 e. The lowest BCUT2D eigenvalue weighted by molar-refractivity contribution is -0.134. The molecule has 0 spiro atoms. The lowest BCUT2D eigenvalue weighted by Gasteiger charge is -2.16. The summed E-state index contributed by atoms with van der Waals surface area (Å²) in [7, 11) is 0. The van der Waals surface area contributed by atoms with E-state index in [9.17, 15) is 19.2 Å². The van der Waals surface area contributed by atoms with E-state index in [1.807, 2.05) is 43.3 Å². The van der Waals surface area contributed by atoms with Crippen LogP contribution in [0, 0.1) is 0 Å². The first-order chi connectivity index (χ1) is 19.9. The molecule has 0 unspecified atom stereocenters. The molecule has 0 aliphatic heterocycles. The minimum Gasteiger partial charge on any atom is -0.445 e. The average Bonchev–Trinajstić information content (AvgIpc) is 3.25. The topological polar surface area (TPSA) is 118 Å². The molecule has 0 atom stereocenters. The molecule has 212 valence electrons. The van der Waals surface area contributed by atoms with E-state index in [1.165, 1.54) is 16.3 Å². The number of nitrogens with one attached hydrogen (secondary N) is 1. The molecular weight excluding hydrogens is 526 g/mol. The van der Waals surface area contributed by atoms with Crippen molar-refractivity contribution < 1.29 is 28.6 Å². The molecule has 10 heteroatoms. The van der Waals surface area contributed by atoms with Crippen molar-refractivity contribution in [3.63, 3.8) is 0 Å². The number of carbonyl (C=O) groups excluding carboxylic acids is 3. The van der Waals surface area contributed by atoms with Gasteiger partial charge < -0.3 is 19.5 Å². The summed E-state index contributed by atoms with van der Waals surface area (Å²) in [5.41, 5.74) is 1.83. The largest absolute Gasteiger partial charge is 0.445 e. The molecule has 0 saturated carbocycles. The van der Waals surface area contributed by atoms with Crippen LogP contribution in [0.2, 0.25) is 0 Å². The quantitative estimate of drug-likeness (QED) is 0.209. The van der Waals surface area contributed by atoms with E-state index >= 15 is 0 Å². The van der Waals surface area contributed by atoms with E-state index in [-0.39, 0.29) is 18.0 Å². The molecule has 0 radical (unpaired) electrons. The van der Waals surface area contributed by atoms with Gasteiger partial charge in [0.25, 0.3) is 5.56 Å². The highest BCUT2D eigenvalue weighted by atomic mass is 16.6. The number of esters is 2. The fourth-order valence-electron chi connectivity index (χ4n) is 4.12. The maximum atomic E-state index is 13.8. The Morgan fingerprint density at radius 2 is 1.44 bits per heavy atom. The number of hydrogen-bond acceptors (Lipinski definition) is 7. The molecule has 41 heavy (non-hydrogen) atoms. The van der Waals surface area contributed by atoms with E-state index in [4.69, 9.17) is 14.2 Å². The molecule has 1 aromatic heterocycles. The van der Waals surface area contributed by atoms with Gasteiger partial charge in [-0.1, -0.05) is 61.9 Å². The van der Waals surface area contributed by atoms with E-state index in [0.29, 0.717) is 35.5 Å². The van der Waals surface area contributed by atoms with E-state index in [1.54, 1.807) is 48.5 Å². The van der Waals surface area contributed by atoms with Crippen LogP contribution in [0.1, 0.15) is 37.8 Å². The fourth-order valence-corrected chi connectivity index (χ4v) is 4.12. The molecule has 4 rings (SSSR count). The summed E-state index contributed by atoms with van der Waals surface area (Å²) >= 11 is 0. The monoisotopic (exact) mass is 557 g/mol. The van der Waals surface area contributed by atoms with Crippen LogP contribution in [-0.2, 0) is 27.4 Å². The van der Waals surface area contributed by atoms with Crippen LogP contribution in [0.4, 0.5) is 4.79 Å². The third kappa shape index (κ3) is 7.51. The number of alkyl carbamates (subject to hydrolysis) is 1. The minimum atomic E-state index is -0.782. The summed E-state index contributed by atoms with van der Waals surface area (Å²) in [5.74, 6) is -0.886. The Kier molecular flexibility index (Phi) is 9.71. The number of benzene rings is 3. The number of para-hydroxylation sites is 1. The lowest BCUT2D eigenvalue weighted by atomic mass is 10.1. The van der Waals surface area contributed by atoms with Gasteiger partial charge >= 0.3 is 18.0 Å². The Bertz CT molecular complexity index is 1540. The van der Waals surface area contributed by atoms with Gasteiger partial charge in [0.15, 0.2) is 0 Å². The van der Waals surface area contributed by atoms with Gasteiger partial charge in [-0.05, 0) is 54.8 Å². The van der Waals surface area contributed by atoms with Crippen molar-refractivity contribution in [2.45, 2.75) is 39.7 Å². The number of aromatic nitrogens is 2. The summed E-state index contributed by atoms with van der Waals surface area (Å²) in [6, 6.07) is 24.6. The van der Waals surface area contributed by atoms with Crippen molar-refractivity contribution in [1.29, 1.82) is 0 Å². The van der Waals surface area contributed by atoms with Crippen LogP contribution in [0.15, 0.2) is 89.7 Å². The van der Waals surface area contributed by atoms with Gasteiger partial charge in [0.05, 0.1) is 16.9 Å². The van der Waals surface area contributed by atoms with Gasteiger partial charge in [-0.25, -0.2) is 19.0 Å². The zero-order chi connectivity index (χ0) is 29.2. The number of amides is 1. The number of hydrogen-bond donors (Lipinski definition) is 1. The number of rotatable bonds is 11. The summed E-state index contributed by atoms with van der Waals surface area (Å²) < 4.78 is 19.0. The third-order valence-electron chi connectivity index (χ3n) is 6.03. The Labute approximate surface area is 237 Å². The summed E-state index contributed by atoms with van der Waals surface area (Å²) in [5, 5.41) is 2.40. The molecular formula is C31H31N3O7. The van der Waals surface area contributed by atoms with Crippen LogP contribution < -0.4 is 20.3 Å². The number of carbonyl (C=O) groups is 3. The predicted molar refractivity (Wildman–Crippen MR) is 152 cm³/mol. The van der Waals surface area contributed by atoms with Crippen LogP contribution in [0.3, 0.4) is 0 Å². The van der Waals surface area contributed by atoms with Gasteiger partial charge in [-0.3, -0.25) is 9.59 Å². The molecule has 3 aromatic carbocycles. The van der Waals surface area contributed by atoms with E-state index in [0.717, 1.165) is 12.0 Å². The Hall–Kier alpha value is -5.12. The molecule has 1 N–H and O–H groups in total. The summed E-state index contributed by atoms with van der Waals surface area (Å²) in [6.07, 6.45) is 1.09. The van der Waals surface area contributed by atoms with Crippen LogP contribution in [0.5, 0.6) is 11.6 Å². The average molecular weight is 558 g/mol.